The third-order valence-corrected chi connectivity index (χ3v) is 4.27. The molecule has 0 spiro atoms. The number of carbonyl (C=O) groups excluding carboxylic acids is 1. The van der Waals surface area contributed by atoms with E-state index in [-0.39, 0.29) is 18.6 Å². The van der Waals surface area contributed by atoms with E-state index in [1.54, 1.807) is 18.2 Å². The Balaban J connectivity index is 2.08. The molecule has 1 saturated heterocycles. The van der Waals surface area contributed by atoms with E-state index in [1.165, 1.54) is 0 Å². The van der Waals surface area contributed by atoms with E-state index >= 15 is 0 Å². The van der Waals surface area contributed by atoms with Crippen LogP contribution in [0.4, 0.5) is 0 Å². The first-order valence-corrected chi connectivity index (χ1v) is 7.52. The van der Waals surface area contributed by atoms with E-state index in [4.69, 9.17) is 16.7 Å². The molecular weight excluding hydrogens is 282 g/mol. The second-order valence-electron chi connectivity index (χ2n) is 4.19. The molecule has 1 heterocycles. The van der Waals surface area contributed by atoms with Crippen molar-refractivity contribution < 1.29 is 9.90 Å². The molecule has 2 N–H and O–H groups in total. The maximum absolute atomic E-state index is 12.0. The first-order chi connectivity index (χ1) is 9.20. The minimum atomic E-state index is -0.210. The first-order valence-electron chi connectivity index (χ1n) is 5.98. The highest BCUT2D eigenvalue weighted by Gasteiger charge is 2.18. The predicted molar refractivity (Wildman–Crippen MR) is 78.6 cm³/mol. The van der Waals surface area contributed by atoms with Gasteiger partial charge in [0, 0.05) is 22.9 Å². The Bertz CT molecular complexity index is 530. The van der Waals surface area contributed by atoms with E-state index in [1.807, 2.05) is 11.8 Å². The highest BCUT2D eigenvalue weighted by Crippen LogP contribution is 2.19. The number of rotatable bonds is 2. The van der Waals surface area contributed by atoms with Crippen LogP contribution in [0.5, 0.6) is 0 Å². The van der Waals surface area contributed by atoms with Gasteiger partial charge >= 0.3 is 0 Å². The van der Waals surface area contributed by atoms with Gasteiger partial charge in [0.05, 0.1) is 5.02 Å². The molecule has 1 aromatic carbocycles. The van der Waals surface area contributed by atoms with Gasteiger partial charge in [0.2, 0.25) is 0 Å². The number of aliphatic hydroxyl groups is 1. The fourth-order valence-electron chi connectivity index (χ4n) is 1.81. The van der Waals surface area contributed by atoms with Crippen LogP contribution in [0.25, 0.3) is 0 Å². The lowest BCUT2D eigenvalue weighted by Gasteiger charge is -2.11. The highest BCUT2D eigenvalue weighted by atomic mass is 35.5. The van der Waals surface area contributed by atoms with Crippen LogP contribution < -0.4 is 5.32 Å². The molecule has 0 bridgehead atoms. The zero-order valence-electron chi connectivity index (χ0n) is 10.3. The van der Waals surface area contributed by atoms with Crippen molar-refractivity contribution in [3.05, 3.63) is 34.3 Å². The van der Waals surface area contributed by atoms with Gasteiger partial charge in [-0.3, -0.25) is 4.79 Å². The molecule has 100 valence electrons. The largest absolute Gasteiger partial charge is 0.384 e. The number of benzene rings is 1. The summed E-state index contributed by atoms with van der Waals surface area (Å²) >= 11 is 7.91. The second-order valence-corrected chi connectivity index (χ2v) is 5.75. The van der Waals surface area contributed by atoms with Crippen molar-refractivity contribution in [2.75, 3.05) is 18.1 Å². The molecule has 0 radical (unpaired) electrons. The average Bonchev–Trinajstić information content (AvgIpc) is 2.90. The number of nitrogens with one attached hydrogen (secondary N) is 1. The molecule has 0 aromatic heterocycles. The molecule has 1 aliphatic rings. The Morgan fingerprint density at radius 3 is 3.05 bits per heavy atom. The molecule has 1 aromatic rings. The Morgan fingerprint density at radius 1 is 1.58 bits per heavy atom. The van der Waals surface area contributed by atoms with Crippen molar-refractivity contribution >= 4 is 29.3 Å². The third-order valence-electron chi connectivity index (χ3n) is 2.80. The maximum atomic E-state index is 12.0. The minimum Gasteiger partial charge on any atom is -0.384 e. The van der Waals surface area contributed by atoms with Crippen LogP contribution in [0.15, 0.2) is 18.2 Å². The highest BCUT2D eigenvalue weighted by molar-refractivity contribution is 7.99. The van der Waals surface area contributed by atoms with Gasteiger partial charge < -0.3 is 10.4 Å². The van der Waals surface area contributed by atoms with Gasteiger partial charge in [-0.2, -0.15) is 11.8 Å². The summed E-state index contributed by atoms with van der Waals surface area (Å²) in [6, 6.07) is 5.26. The van der Waals surface area contributed by atoms with E-state index < -0.39 is 0 Å². The molecule has 1 atom stereocenters. The predicted octanol–water partition coefficient (Wildman–Crippen LogP) is 1.92. The molecule has 5 heteroatoms. The SMILES string of the molecule is O=C(NC1CCSC1)c1ccc(C#CCO)c(Cl)c1. The lowest BCUT2D eigenvalue weighted by molar-refractivity contribution is 0.0941. The Morgan fingerprint density at radius 2 is 2.42 bits per heavy atom. The molecule has 0 saturated carbocycles. The summed E-state index contributed by atoms with van der Waals surface area (Å²) < 4.78 is 0. The van der Waals surface area contributed by atoms with Crippen LogP contribution >= 0.6 is 23.4 Å². The second kappa shape index (κ2) is 6.85. The normalized spacial score (nSPS) is 17.7. The number of aliphatic hydroxyl groups excluding tert-OH is 1. The van der Waals surface area contributed by atoms with Crippen molar-refractivity contribution in [1.29, 1.82) is 0 Å². The van der Waals surface area contributed by atoms with Gasteiger partial charge in [0.15, 0.2) is 0 Å². The van der Waals surface area contributed by atoms with Crippen molar-refractivity contribution in [3.63, 3.8) is 0 Å². The summed E-state index contributed by atoms with van der Waals surface area (Å²) in [6.07, 6.45) is 1.02. The maximum Gasteiger partial charge on any atom is 0.251 e. The van der Waals surface area contributed by atoms with Gasteiger partial charge in [-0.15, -0.1) is 0 Å². The fourth-order valence-corrected chi connectivity index (χ4v) is 3.19. The van der Waals surface area contributed by atoms with Crippen LogP contribution in [0.1, 0.15) is 22.3 Å². The summed E-state index contributed by atoms with van der Waals surface area (Å²) in [7, 11) is 0. The van der Waals surface area contributed by atoms with Crippen molar-refractivity contribution in [2.45, 2.75) is 12.5 Å². The van der Waals surface area contributed by atoms with Crippen LogP contribution in [0.2, 0.25) is 5.02 Å². The number of carbonyl (C=O) groups is 1. The monoisotopic (exact) mass is 295 g/mol. The Kier molecular flexibility index (Phi) is 5.15. The molecule has 3 nitrogen and oxygen atoms in total. The zero-order valence-corrected chi connectivity index (χ0v) is 11.9. The van der Waals surface area contributed by atoms with E-state index in [0.717, 1.165) is 17.9 Å². The van der Waals surface area contributed by atoms with E-state index in [2.05, 4.69) is 17.2 Å². The molecular formula is C14H14ClNO2S. The van der Waals surface area contributed by atoms with Crippen LogP contribution in [-0.4, -0.2) is 35.2 Å². The van der Waals surface area contributed by atoms with Crippen LogP contribution in [0.3, 0.4) is 0 Å². The number of thioether (sulfide) groups is 1. The van der Waals surface area contributed by atoms with Gasteiger partial charge in [0.25, 0.3) is 5.91 Å². The van der Waals surface area contributed by atoms with Gasteiger partial charge in [0.1, 0.15) is 6.61 Å². The van der Waals surface area contributed by atoms with E-state index in [9.17, 15) is 4.79 Å². The van der Waals surface area contributed by atoms with Gasteiger partial charge in [-0.1, -0.05) is 23.4 Å². The van der Waals surface area contributed by atoms with Crippen molar-refractivity contribution in [1.82, 2.24) is 5.32 Å². The van der Waals surface area contributed by atoms with Crippen molar-refractivity contribution in [2.24, 2.45) is 0 Å². The third kappa shape index (κ3) is 3.90. The molecule has 1 unspecified atom stereocenters. The van der Waals surface area contributed by atoms with Gasteiger partial charge in [-0.05, 0) is 30.4 Å². The standard InChI is InChI=1S/C14H14ClNO2S/c15-13-8-11(4-3-10(13)2-1-6-17)14(18)16-12-5-7-19-9-12/h3-4,8,12,17H,5-7,9H2,(H,16,18). The number of hydrogen-bond acceptors (Lipinski definition) is 3. The average molecular weight is 296 g/mol. The van der Waals surface area contributed by atoms with E-state index in [0.29, 0.717) is 16.1 Å². The Labute approximate surface area is 121 Å². The summed E-state index contributed by atoms with van der Waals surface area (Å²) in [6.45, 7) is -0.210. The van der Waals surface area contributed by atoms with Gasteiger partial charge in [-0.25, -0.2) is 0 Å². The smallest absolute Gasteiger partial charge is 0.251 e. The van der Waals surface area contributed by atoms with Crippen LogP contribution in [-0.2, 0) is 0 Å². The quantitative estimate of drug-likeness (QED) is 0.820. The van der Waals surface area contributed by atoms with Crippen LogP contribution in [0, 0.1) is 11.8 Å². The molecule has 1 fully saturated rings. The minimum absolute atomic E-state index is 0.101. The summed E-state index contributed by atoms with van der Waals surface area (Å²) in [4.78, 5) is 12.0. The molecule has 1 aliphatic heterocycles. The number of amides is 1. The lowest BCUT2D eigenvalue weighted by atomic mass is 10.1. The molecule has 1 amide bonds. The summed E-state index contributed by atoms with van der Waals surface area (Å²) in [5.41, 5.74) is 1.15. The Hall–Kier alpha value is -1.15. The zero-order chi connectivity index (χ0) is 13.7. The first kappa shape index (κ1) is 14.3. The lowest BCUT2D eigenvalue weighted by Crippen LogP contribution is -2.34. The summed E-state index contributed by atoms with van der Waals surface area (Å²) in [5.74, 6) is 7.23. The summed E-state index contributed by atoms with van der Waals surface area (Å²) in [5, 5.41) is 12.1. The topological polar surface area (TPSA) is 49.3 Å². The fraction of sp³-hybridized carbons (Fsp3) is 0.357. The molecule has 0 aliphatic carbocycles. The number of halogens is 1. The van der Waals surface area contributed by atoms with Crippen molar-refractivity contribution in [3.8, 4) is 11.8 Å². The molecule has 19 heavy (non-hydrogen) atoms. The number of hydrogen-bond donors (Lipinski definition) is 2. The molecule has 2 rings (SSSR count).